The Bertz CT molecular complexity index is 354. The van der Waals surface area contributed by atoms with Crippen molar-refractivity contribution in [2.75, 3.05) is 7.11 Å². The van der Waals surface area contributed by atoms with Crippen molar-refractivity contribution in [1.82, 2.24) is 0 Å². The normalized spacial score (nSPS) is 9.85. The maximum Gasteiger partial charge on any atom is 0.342 e. The molecule has 70 valence electrons. The van der Waals surface area contributed by atoms with E-state index in [-0.39, 0.29) is 10.6 Å². The SMILES string of the molecule is COC(=O)c1c(F)ccc(Br)c1Cl. The summed E-state index contributed by atoms with van der Waals surface area (Å²) in [7, 11) is 1.17. The van der Waals surface area contributed by atoms with Gasteiger partial charge in [-0.15, -0.1) is 0 Å². The summed E-state index contributed by atoms with van der Waals surface area (Å²) < 4.78 is 17.9. The zero-order valence-corrected chi connectivity index (χ0v) is 8.95. The minimum atomic E-state index is -0.788. The number of carbonyl (C=O) groups is 1. The van der Waals surface area contributed by atoms with Crippen molar-refractivity contribution in [3.8, 4) is 0 Å². The van der Waals surface area contributed by atoms with Crippen molar-refractivity contribution >= 4 is 33.5 Å². The first-order valence-corrected chi connectivity index (χ1v) is 4.47. The summed E-state index contributed by atoms with van der Waals surface area (Å²) >= 11 is 8.76. The van der Waals surface area contributed by atoms with Crippen LogP contribution in [0.5, 0.6) is 0 Å². The van der Waals surface area contributed by atoms with Crippen LogP contribution in [-0.4, -0.2) is 13.1 Å². The van der Waals surface area contributed by atoms with Crippen LogP contribution in [0.1, 0.15) is 10.4 Å². The lowest BCUT2D eigenvalue weighted by Crippen LogP contribution is -2.05. The van der Waals surface area contributed by atoms with E-state index in [4.69, 9.17) is 11.6 Å². The molecule has 13 heavy (non-hydrogen) atoms. The number of ether oxygens (including phenoxy) is 1. The van der Waals surface area contributed by atoms with Crippen LogP contribution >= 0.6 is 27.5 Å². The van der Waals surface area contributed by atoms with Gasteiger partial charge in [0.25, 0.3) is 0 Å². The molecule has 0 heterocycles. The fraction of sp³-hybridized carbons (Fsp3) is 0.125. The molecule has 0 N–H and O–H groups in total. The maximum atomic E-state index is 13.1. The minimum absolute atomic E-state index is 0.0202. The Morgan fingerprint density at radius 2 is 2.23 bits per heavy atom. The van der Waals surface area contributed by atoms with Crippen LogP contribution in [0.3, 0.4) is 0 Å². The molecule has 0 amide bonds. The second-order valence-corrected chi connectivity index (χ2v) is 3.44. The average molecular weight is 267 g/mol. The fourth-order valence-corrected chi connectivity index (χ4v) is 1.38. The number of hydrogen-bond acceptors (Lipinski definition) is 2. The third-order valence-electron chi connectivity index (χ3n) is 1.43. The number of hydrogen-bond donors (Lipinski definition) is 0. The van der Waals surface area contributed by atoms with E-state index in [0.717, 1.165) is 6.07 Å². The Balaban J connectivity index is 3.33. The van der Waals surface area contributed by atoms with Gasteiger partial charge in [-0.05, 0) is 28.1 Å². The molecule has 0 saturated carbocycles. The van der Waals surface area contributed by atoms with Gasteiger partial charge in [0.1, 0.15) is 11.4 Å². The lowest BCUT2D eigenvalue weighted by molar-refractivity contribution is 0.0595. The molecule has 0 fully saturated rings. The van der Waals surface area contributed by atoms with Crippen LogP contribution in [0.4, 0.5) is 4.39 Å². The number of methoxy groups -OCH3 is 1. The number of carbonyl (C=O) groups excluding carboxylic acids is 1. The topological polar surface area (TPSA) is 26.3 Å². The lowest BCUT2D eigenvalue weighted by Gasteiger charge is -2.04. The molecule has 0 spiro atoms. The van der Waals surface area contributed by atoms with Gasteiger partial charge in [-0.2, -0.15) is 0 Å². The van der Waals surface area contributed by atoms with Gasteiger partial charge in [0.2, 0.25) is 0 Å². The van der Waals surface area contributed by atoms with E-state index >= 15 is 0 Å². The van der Waals surface area contributed by atoms with Crippen LogP contribution in [0.2, 0.25) is 5.02 Å². The van der Waals surface area contributed by atoms with Crippen molar-refractivity contribution in [2.24, 2.45) is 0 Å². The van der Waals surface area contributed by atoms with E-state index < -0.39 is 11.8 Å². The van der Waals surface area contributed by atoms with Crippen LogP contribution in [0.15, 0.2) is 16.6 Å². The summed E-state index contributed by atoms with van der Waals surface area (Å²) in [5, 5.41) is 0.0202. The van der Waals surface area contributed by atoms with Gasteiger partial charge in [0, 0.05) is 4.47 Å². The number of esters is 1. The van der Waals surface area contributed by atoms with E-state index in [2.05, 4.69) is 20.7 Å². The Labute approximate surface area is 87.8 Å². The Hall–Kier alpha value is -0.610. The lowest BCUT2D eigenvalue weighted by atomic mass is 10.2. The summed E-state index contributed by atoms with van der Waals surface area (Å²) in [6.45, 7) is 0. The third kappa shape index (κ3) is 2.00. The first-order chi connectivity index (χ1) is 6.07. The number of rotatable bonds is 1. The van der Waals surface area contributed by atoms with Gasteiger partial charge in [-0.1, -0.05) is 11.6 Å². The number of benzene rings is 1. The Kier molecular flexibility index (Phi) is 3.27. The Morgan fingerprint density at radius 3 is 2.77 bits per heavy atom. The average Bonchev–Trinajstić information content (AvgIpc) is 2.12. The number of halogens is 3. The van der Waals surface area contributed by atoms with Gasteiger partial charge in [0.15, 0.2) is 0 Å². The molecule has 1 aromatic carbocycles. The Morgan fingerprint density at radius 1 is 1.62 bits per heavy atom. The molecule has 2 nitrogen and oxygen atoms in total. The van der Waals surface area contributed by atoms with Gasteiger partial charge in [-0.3, -0.25) is 0 Å². The van der Waals surface area contributed by atoms with Gasteiger partial charge in [-0.25, -0.2) is 9.18 Å². The summed E-state index contributed by atoms with van der Waals surface area (Å²) in [6, 6.07) is 2.56. The predicted molar refractivity (Wildman–Crippen MR) is 50.4 cm³/mol. The highest BCUT2D eigenvalue weighted by atomic mass is 79.9. The van der Waals surface area contributed by atoms with Gasteiger partial charge >= 0.3 is 5.97 Å². The minimum Gasteiger partial charge on any atom is -0.465 e. The maximum absolute atomic E-state index is 13.1. The van der Waals surface area contributed by atoms with Gasteiger partial charge < -0.3 is 4.74 Å². The molecule has 0 saturated heterocycles. The smallest absolute Gasteiger partial charge is 0.342 e. The van der Waals surface area contributed by atoms with E-state index in [0.29, 0.717) is 4.47 Å². The molecular formula is C8H5BrClFO2. The molecule has 1 aromatic rings. The molecule has 0 radical (unpaired) electrons. The largest absolute Gasteiger partial charge is 0.465 e. The van der Waals surface area contributed by atoms with Crippen LogP contribution in [0.25, 0.3) is 0 Å². The highest BCUT2D eigenvalue weighted by molar-refractivity contribution is 9.10. The highest BCUT2D eigenvalue weighted by Crippen LogP contribution is 2.28. The third-order valence-corrected chi connectivity index (χ3v) is 2.72. The molecule has 5 heteroatoms. The summed E-state index contributed by atoms with van der Waals surface area (Å²) in [5.41, 5.74) is -0.251. The second kappa shape index (κ2) is 4.07. The van der Waals surface area contributed by atoms with Crippen LogP contribution in [0, 0.1) is 5.82 Å². The van der Waals surface area contributed by atoms with E-state index in [1.165, 1.54) is 13.2 Å². The zero-order valence-electron chi connectivity index (χ0n) is 6.61. The van der Waals surface area contributed by atoms with Gasteiger partial charge in [0.05, 0.1) is 12.1 Å². The molecule has 0 aliphatic heterocycles. The molecule has 0 aliphatic carbocycles. The van der Waals surface area contributed by atoms with Crippen LogP contribution < -0.4 is 0 Å². The fourth-order valence-electron chi connectivity index (χ4n) is 0.816. The van der Waals surface area contributed by atoms with Crippen molar-refractivity contribution < 1.29 is 13.9 Å². The predicted octanol–water partition coefficient (Wildman–Crippen LogP) is 3.03. The van der Waals surface area contributed by atoms with E-state index in [1.807, 2.05) is 0 Å². The molecule has 0 aromatic heterocycles. The van der Waals surface area contributed by atoms with E-state index in [1.54, 1.807) is 0 Å². The van der Waals surface area contributed by atoms with E-state index in [9.17, 15) is 9.18 Å². The molecular weight excluding hydrogens is 262 g/mol. The van der Waals surface area contributed by atoms with Crippen molar-refractivity contribution in [1.29, 1.82) is 0 Å². The van der Waals surface area contributed by atoms with Crippen molar-refractivity contribution in [3.63, 3.8) is 0 Å². The van der Waals surface area contributed by atoms with Crippen molar-refractivity contribution in [2.45, 2.75) is 0 Å². The summed E-state index contributed by atoms with van der Waals surface area (Å²) in [4.78, 5) is 11.0. The molecule has 0 atom stereocenters. The molecule has 0 bridgehead atoms. The molecule has 0 unspecified atom stereocenters. The molecule has 1 rings (SSSR count). The molecule has 0 aliphatic rings. The van der Waals surface area contributed by atoms with Crippen LogP contribution in [-0.2, 0) is 4.74 Å². The monoisotopic (exact) mass is 266 g/mol. The van der Waals surface area contributed by atoms with Crippen molar-refractivity contribution in [3.05, 3.63) is 33.0 Å². The zero-order chi connectivity index (χ0) is 10.0. The first kappa shape index (κ1) is 10.5. The first-order valence-electron chi connectivity index (χ1n) is 3.29. The second-order valence-electron chi connectivity index (χ2n) is 2.21. The highest BCUT2D eigenvalue weighted by Gasteiger charge is 2.18. The quantitative estimate of drug-likeness (QED) is 0.577. The standard InChI is InChI=1S/C8H5BrClFO2/c1-13-8(12)6-5(11)3-2-4(9)7(6)10/h2-3H,1H3. The summed E-state index contributed by atoms with van der Waals surface area (Å²) in [6.07, 6.45) is 0. The summed E-state index contributed by atoms with van der Waals surface area (Å²) in [5.74, 6) is -1.48.